The van der Waals surface area contributed by atoms with Crippen molar-refractivity contribution in [1.29, 1.82) is 0 Å². The van der Waals surface area contributed by atoms with Crippen LogP contribution >= 0.6 is 0 Å². The molecule has 0 spiro atoms. The highest BCUT2D eigenvalue weighted by Crippen LogP contribution is 2.13. The van der Waals surface area contributed by atoms with Gasteiger partial charge in [-0.25, -0.2) is 0 Å². The molecule has 452 valence electrons. The first-order valence-electron chi connectivity index (χ1n) is 32.3. The van der Waals surface area contributed by atoms with Gasteiger partial charge in [0.2, 0.25) is 0 Å². The van der Waals surface area contributed by atoms with E-state index in [2.05, 4.69) is 203 Å². The first-order valence-corrected chi connectivity index (χ1v) is 32.3. The van der Waals surface area contributed by atoms with Crippen LogP contribution < -0.4 is 0 Å². The first kappa shape index (κ1) is 75.5. The molecule has 0 aromatic carbocycles. The molecule has 0 fully saturated rings. The standard InChI is InChI=1S/C75H116O6/c1-4-7-10-13-16-19-22-25-28-31-33-34-35-36-37-38-39-40-42-44-47-50-53-56-59-62-65-68-74(77)80-71-72(70-79-73(76)67-64-61-58-55-52-49-46-43-30-27-24-21-18-15-12-9-6-3)81-75(78)69-66-63-60-57-54-51-48-45-41-32-29-26-23-20-17-14-11-8-5-2/h7,9-10,12,16-21,25-30,33-34,36-37,39-41,44-47,49,53,56,72H,4-6,8,11,13-15,22-24,31-32,35,38,42-43,48,50-52,54-55,57-71H2,1-3H3/b10-7-,12-9-,19-16-,20-17-,21-18-,28-25-,29-26-,30-27-,34-33-,37-36-,40-39-,45-41-,47-44-,49-46-,56-53-. The van der Waals surface area contributed by atoms with Gasteiger partial charge in [-0.3, -0.25) is 14.4 Å². The van der Waals surface area contributed by atoms with Crippen molar-refractivity contribution in [2.24, 2.45) is 0 Å². The molecule has 0 aliphatic rings. The van der Waals surface area contributed by atoms with Crippen LogP contribution in [0.4, 0.5) is 0 Å². The van der Waals surface area contributed by atoms with E-state index in [4.69, 9.17) is 14.2 Å². The monoisotopic (exact) mass is 1110 g/mol. The molecule has 0 aliphatic carbocycles. The van der Waals surface area contributed by atoms with E-state index in [1.807, 2.05) is 0 Å². The normalized spacial score (nSPS) is 13.4. The molecule has 81 heavy (non-hydrogen) atoms. The summed E-state index contributed by atoms with van der Waals surface area (Å²) in [5.41, 5.74) is 0. The topological polar surface area (TPSA) is 78.9 Å². The quantitative estimate of drug-likeness (QED) is 0.0261. The molecule has 0 radical (unpaired) electrons. The molecular formula is C75H116O6. The summed E-state index contributed by atoms with van der Waals surface area (Å²) in [6.45, 7) is 6.31. The second kappa shape index (κ2) is 67.0. The molecule has 0 amide bonds. The molecule has 6 heteroatoms. The van der Waals surface area contributed by atoms with Crippen LogP contribution in [-0.2, 0) is 28.6 Å². The summed E-state index contributed by atoms with van der Waals surface area (Å²) in [6.07, 6.45) is 100. The van der Waals surface area contributed by atoms with Gasteiger partial charge in [-0.1, -0.05) is 254 Å². The van der Waals surface area contributed by atoms with Crippen LogP contribution in [0, 0.1) is 0 Å². The first-order chi connectivity index (χ1) is 40.0. The van der Waals surface area contributed by atoms with Gasteiger partial charge in [0.1, 0.15) is 13.2 Å². The molecule has 0 saturated heterocycles. The Balaban J connectivity index is 4.55. The predicted octanol–water partition coefficient (Wildman–Crippen LogP) is 22.4. The zero-order valence-corrected chi connectivity index (χ0v) is 51.7. The van der Waals surface area contributed by atoms with Crippen LogP contribution in [0.1, 0.15) is 252 Å². The third kappa shape index (κ3) is 65.2. The van der Waals surface area contributed by atoms with Gasteiger partial charge in [0.25, 0.3) is 0 Å². The van der Waals surface area contributed by atoms with Crippen LogP contribution in [0.25, 0.3) is 0 Å². The van der Waals surface area contributed by atoms with Gasteiger partial charge in [0, 0.05) is 19.3 Å². The number of hydrogen-bond donors (Lipinski definition) is 0. The van der Waals surface area contributed by atoms with Crippen molar-refractivity contribution < 1.29 is 28.6 Å². The lowest BCUT2D eigenvalue weighted by molar-refractivity contribution is -0.167. The maximum atomic E-state index is 12.9. The summed E-state index contributed by atoms with van der Waals surface area (Å²) in [4.78, 5) is 38.4. The van der Waals surface area contributed by atoms with Crippen molar-refractivity contribution in [1.82, 2.24) is 0 Å². The Morgan fingerprint density at radius 3 is 0.778 bits per heavy atom. The molecule has 0 aliphatic heterocycles. The third-order valence-electron chi connectivity index (χ3n) is 12.9. The van der Waals surface area contributed by atoms with Crippen LogP contribution in [0.5, 0.6) is 0 Å². The van der Waals surface area contributed by atoms with Gasteiger partial charge >= 0.3 is 17.9 Å². The fraction of sp³-hybridized carbons (Fsp3) is 0.560. The largest absolute Gasteiger partial charge is 0.462 e. The summed E-state index contributed by atoms with van der Waals surface area (Å²) >= 11 is 0. The second-order valence-electron chi connectivity index (χ2n) is 20.5. The average molecular weight is 1110 g/mol. The highest BCUT2D eigenvalue weighted by molar-refractivity contribution is 5.71. The van der Waals surface area contributed by atoms with E-state index in [1.165, 1.54) is 38.5 Å². The fourth-order valence-electron chi connectivity index (χ4n) is 8.10. The average Bonchev–Trinajstić information content (AvgIpc) is 3.47. The highest BCUT2D eigenvalue weighted by atomic mass is 16.6. The molecule has 1 unspecified atom stereocenters. The number of esters is 3. The number of carbonyl (C=O) groups is 3. The molecule has 0 saturated carbocycles. The molecule has 0 bridgehead atoms. The molecular weight excluding hydrogens is 997 g/mol. The van der Waals surface area contributed by atoms with Crippen molar-refractivity contribution in [3.8, 4) is 0 Å². The van der Waals surface area contributed by atoms with Crippen LogP contribution in [0.2, 0.25) is 0 Å². The molecule has 0 heterocycles. The molecule has 0 rings (SSSR count). The lowest BCUT2D eigenvalue weighted by Crippen LogP contribution is -2.30. The SMILES string of the molecule is CC/C=C\C/C=C\C/C=C\C/C=C\C/C=C\C/C=C\C/C=C\C/C=C\CCCCC(=O)OCC(COC(=O)CCCCCC/C=C\C/C=C\C/C=C\C/C=C\CC)OC(=O)CCCCCCCC/C=C\C/C=C\C/C=C\CCCCC. The Morgan fingerprint density at radius 1 is 0.259 bits per heavy atom. The summed E-state index contributed by atoms with van der Waals surface area (Å²) in [5, 5.41) is 0. The van der Waals surface area contributed by atoms with Gasteiger partial charge < -0.3 is 14.2 Å². The zero-order chi connectivity index (χ0) is 58.5. The number of unbranched alkanes of at least 4 members (excludes halogenated alkanes) is 15. The highest BCUT2D eigenvalue weighted by Gasteiger charge is 2.19. The Kier molecular flexibility index (Phi) is 62.5. The molecule has 0 aromatic heterocycles. The molecule has 1 atom stereocenters. The van der Waals surface area contributed by atoms with Gasteiger partial charge in [-0.2, -0.15) is 0 Å². The van der Waals surface area contributed by atoms with E-state index in [-0.39, 0.29) is 44.0 Å². The van der Waals surface area contributed by atoms with Gasteiger partial charge in [0.15, 0.2) is 6.10 Å². The van der Waals surface area contributed by atoms with E-state index in [1.54, 1.807) is 0 Å². The van der Waals surface area contributed by atoms with E-state index >= 15 is 0 Å². The minimum atomic E-state index is -0.826. The number of carbonyl (C=O) groups excluding carboxylic acids is 3. The second-order valence-corrected chi connectivity index (χ2v) is 20.5. The van der Waals surface area contributed by atoms with E-state index in [9.17, 15) is 14.4 Å². The van der Waals surface area contributed by atoms with E-state index in [0.717, 1.165) is 167 Å². The predicted molar refractivity (Wildman–Crippen MR) is 352 cm³/mol. The fourth-order valence-corrected chi connectivity index (χ4v) is 8.10. The summed E-state index contributed by atoms with van der Waals surface area (Å²) in [5.74, 6) is -1.01. The Labute approximate surface area is 497 Å². The summed E-state index contributed by atoms with van der Waals surface area (Å²) in [6, 6.07) is 0. The maximum absolute atomic E-state index is 12.9. The Hall–Kier alpha value is -5.49. The maximum Gasteiger partial charge on any atom is 0.306 e. The lowest BCUT2D eigenvalue weighted by atomic mass is 10.1. The van der Waals surface area contributed by atoms with Gasteiger partial charge in [-0.15, -0.1) is 0 Å². The lowest BCUT2D eigenvalue weighted by Gasteiger charge is -2.18. The van der Waals surface area contributed by atoms with E-state index in [0.29, 0.717) is 12.8 Å². The van der Waals surface area contributed by atoms with Gasteiger partial charge in [-0.05, 0) is 161 Å². The Morgan fingerprint density at radius 2 is 0.481 bits per heavy atom. The molecule has 6 nitrogen and oxygen atoms in total. The van der Waals surface area contributed by atoms with Crippen molar-refractivity contribution in [2.75, 3.05) is 13.2 Å². The number of allylic oxidation sites excluding steroid dienone is 30. The van der Waals surface area contributed by atoms with Crippen molar-refractivity contribution in [3.63, 3.8) is 0 Å². The number of ether oxygens (including phenoxy) is 3. The smallest absolute Gasteiger partial charge is 0.306 e. The minimum Gasteiger partial charge on any atom is -0.462 e. The van der Waals surface area contributed by atoms with E-state index < -0.39 is 6.10 Å². The third-order valence-corrected chi connectivity index (χ3v) is 12.9. The van der Waals surface area contributed by atoms with Crippen molar-refractivity contribution in [3.05, 3.63) is 182 Å². The number of rotatable bonds is 56. The number of hydrogen-bond acceptors (Lipinski definition) is 6. The van der Waals surface area contributed by atoms with Crippen molar-refractivity contribution in [2.45, 2.75) is 258 Å². The van der Waals surface area contributed by atoms with Crippen LogP contribution in [0.3, 0.4) is 0 Å². The zero-order valence-electron chi connectivity index (χ0n) is 51.7. The summed E-state index contributed by atoms with van der Waals surface area (Å²) in [7, 11) is 0. The van der Waals surface area contributed by atoms with Gasteiger partial charge in [0.05, 0.1) is 0 Å². The Bertz CT molecular complexity index is 1900. The van der Waals surface area contributed by atoms with Crippen LogP contribution in [0.15, 0.2) is 182 Å². The summed E-state index contributed by atoms with van der Waals surface area (Å²) < 4.78 is 16.9. The van der Waals surface area contributed by atoms with Crippen molar-refractivity contribution >= 4 is 17.9 Å². The van der Waals surface area contributed by atoms with Crippen LogP contribution in [-0.4, -0.2) is 37.2 Å². The molecule has 0 N–H and O–H groups in total. The minimum absolute atomic E-state index is 0.119. The molecule has 0 aromatic rings.